The maximum Gasteiger partial charge on any atom is 0.416 e. The SMILES string of the molecule is C=CCOC(=O)N1c2cc(OCCCC(=O)OC)c(OC)cc2C(=O)N2CCC[C@@]2(C)C1O. The molecule has 0 bridgehead atoms. The van der Waals surface area contributed by atoms with Crippen molar-refractivity contribution in [2.75, 3.05) is 38.9 Å². The topological polar surface area (TPSA) is 115 Å². The number of esters is 1. The summed E-state index contributed by atoms with van der Waals surface area (Å²) in [6, 6.07) is 2.98. The van der Waals surface area contributed by atoms with Gasteiger partial charge in [-0.25, -0.2) is 9.69 Å². The van der Waals surface area contributed by atoms with Crippen LogP contribution in [0.4, 0.5) is 10.5 Å². The number of hydrogen-bond acceptors (Lipinski definition) is 8. The van der Waals surface area contributed by atoms with Crippen LogP contribution in [0, 0.1) is 0 Å². The first-order valence-corrected chi connectivity index (χ1v) is 10.8. The zero-order chi connectivity index (χ0) is 24.2. The van der Waals surface area contributed by atoms with E-state index < -0.39 is 17.9 Å². The van der Waals surface area contributed by atoms with E-state index in [4.69, 9.17) is 14.2 Å². The number of carbonyl (C=O) groups excluding carboxylic acids is 3. The number of amides is 2. The molecule has 0 spiro atoms. The van der Waals surface area contributed by atoms with Crippen LogP contribution in [0.5, 0.6) is 11.5 Å². The molecule has 0 aliphatic carbocycles. The van der Waals surface area contributed by atoms with E-state index in [0.717, 1.165) is 4.90 Å². The first-order valence-electron chi connectivity index (χ1n) is 10.8. The van der Waals surface area contributed by atoms with Crippen molar-refractivity contribution in [1.82, 2.24) is 4.90 Å². The third-order valence-corrected chi connectivity index (χ3v) is 6.03. The van der Waals surface area contributed by atoms with Gasteiger partial charge in [-0.1, -0.05) is 12.7 Å². The zero-order valence-electron chi connectivity index (χ0n) is 19.2. The van der Waals surface area contributed by atoms with Crippen LogP contribution >= 0.6 is 0 Å². The monoisotopic (exact) mass is 462 g/mol. The molecule has 1 aromatic rings. The highest BCUT2D eigenvalue weighted by Crippen LogP contribution is 2.45. The number of hydrogen-bond donors (Lipinski definition) is 1. The summed E-state index contributed by atoms with van der Waals surface area (Å²) >= 11 is 0. The van der Waals surface area contributed by atoms with Gasteiger partial charge in [-0.05, 0) is 32.3 Å². The van der Waals surface area contributed by atoms with Gasteiger partial charge < -0.3 is 29.0 Å². The Hall–Kier alpha value is -3.27. The third kappa shape index (κ3) is 4.61. The Morgan fingerprint density at radius 3 is 2.73 bits per heavy atom. The van der Waals surface area contributed by atoms with Gasteiger partial charge in [0.2, 0.25) is 0 Å². The number of anilines is 1. The molecule has 0 saturated carbocycles. The number of ether oxygens (including phenoxy) is 4. The quantitative estimate of drug-likeness (QED) is 0.356. The van der Waals surface area contributed by atoms with Crippen LogP contribution < -0.4 is 14.4 Å². The Bertz CT molecular complexity index is 933. The molecule has 10 heteroatoms. The average Bonchev–Trinajstić information content (AvgIpc) is 3.20. The highest BCUT2D eigenvalue weighted by Gasteiger charge is 2.53. The number of nitrogens with zero attached hydrogens (tertiary/aromatic N) is 2. The van der Waals surface area contributed by atoms with E-state index in [1.165, 1.54) is 32.4 Å². The molecule has 0 radical (unpaired) electrons. The average molecular weight is 462 g/mol. The molecule has 1 aromatic carbocycles. The van der Waals surface area contributed by atoms with Gasteiger partial charge >= 0.3 is 12.1 Å². The number of methoxy groups -OCH3 is 2. The summed E-state index contributed by atoms with van der Waals surface area (Å²) in [4.78, 5) is 40.5. The first-order chi connectivity index (χ1) is 15.8. The van der Waals surface area contributed by atoms with E-state index >= 15 is 0 Å². The summed E-state index contributed by atoms with van der Waals surface area (Å²) < 4.78 is 21.1. The van der Waals surface area contributed by atoms with Crippen molar-refractivity contribution < 1.29 is 38.4 Å². The summed E-state index contributed by atoms with van der Waals surface area (Å²) in [6.07, 6.45) is 1.05. The minimum atomic E-state index is -1.34. The van der Waals surface area contributed by atoms with E-state index in [9.17, 15) is 19.5 Å². The van der Waals surface area contributed by atoms with Crippen LogP contribution in [0.3, 0.4) is 0 Å². The molecule has 10 nitrogen and oxygen atoms in total. The minimum Gasteiger partial charge on any atom is -0.493 e. The third-order valence-electron chi connectivity index (χ3n) is 6.03. The van der Waals surface area contributed by atoms with Gasteiger partial charge in [-0.3, -0.25) is 9.59 Å². The smallest absolute Gasteiger partial charge is 0.416 e. The van der Waals surface area contributed by atoms with Crippen molar-refractivity contribution in [2.45, 2.75) is 44.4 Å². The molecule has 1 N–H and O–H groups in total. The largest absolute Gasteiger partial charge is 0.493 e. The number of aliphatic hydroxyl groups is 1. The molecule has 2 aliphatic heterocycles. The minimum absolute atomic E-state index is 0.0567. The Balaban J connectivity index is 2.03. The second-order valence-electron chi connectivity index (χ2n) is 8.08. The van der Waals surface area contributed by atoms with Crippen LogP contribution in [0.25, 0.3) is 0 Å². The molecule has 1 fully saturated rings. The number of aliphatic hydroxyl groups excluding tert-OH is 1. The Morgan fingerprint density at radius 1 is 1.30 bits per heavy atom. The molecular weight excluding hydrogens is 432 g/mol. The van der Waals surface area contributed by atoms with Gasteiger partial charge in [0, 0.05) is 19.0 Å². The first kappa shape index (κ1) is 24.4. The van der Waals surface area contributed by atoms with Gasteiger partial charge in [-0.2, -0.15) is 0 Å². The molecule has 3 rings (SSSR count). The Labute approximate surface area is 192 Å². The van der Waals surface area contributed by atoms with E-state index in [1.807, 2.05) is 0 Å². The number of rotatable bonds is 8. The number of benzene rings is 1. The molecule has 2 amide bonds. The lowest BCUT2D eigenvalue weighted by Gasteiger charge is -2.40. The summed E-state index contributed by atoms with van der Waals surface area (Å²) in [5.41, 5.74) is -0.645. The van der Waals surface area contributed by atoms with Crippen molar-refractivity contribution in [3.63, 3.8) is 0 Å². The fourth-order valence-corrected chi connectivity index (χ4v) is 4.23. The number of fused-ring (bicyclic) bond motifs is 2. The summed E-state index contributed by atoms with van der Waals surface area (Å²) in [5, 5.41) is 11.3. The van der Waals surface area contributed by atoms with E-state index in [2.05, 4.69) is 11.3 Å². The van der Waals surface area contributed by atoms with Crippen LogP contribution in [0.2, 0.25) is 0 Å². The van der Waals surface area contributed by atoms with Crippen LogP contribution in [-0.2, 0) is 14.3 Å². The highest BCUT2D eigenvalue weighted by atomic mass is 16.6. The molecule has 33 heavy (non-hydrogen) atoms. The molecule has 2 aliphatic rings. The second kappa shape index (κ2) is 10.1. The van der Waals surface area contributed by atoms with E-state index in [0.29, 0.717) is 25.8 Å². The molecule has 0 aromatic heterocycles. The van der Waals surface area contributed by atoms with Gasteiger partial charge in [0.1, 0.15) is 6.61 Å². The van der Waals surface area contributed by atoms with Crippen LogP contribution in [0.1, 0.15) is 43.0 Å². The summed E-state index contributed by atoms with van der Waals surface area (Å²) in [7, 11) is 2.75. The maximum absolute atomic E-state index is 13.5. The van der Waals surface area contributed by atoms with E-state index in [-0.39, 0.29) is 54.3 Å². The summed E-state index contributed by atoms with van der Waals surface area (Å²) in [6.45, 7) is 5.87. The van der Waals surface area contributed by atoms with Gasteiger partial charge in [0.25, 0.3) is 5.91 Å². The fraction of sp³-hybridized carbons (Fsp3) is 0.522. The van der Waals surface area contributed by atoms with E-state index in [1.54, 1.807) is 11.8 Å². The number of carbonyl (C=O) groups is 3. The predicted molar refractivity (Wildman–Crippen MR) is 118 cm³/mol. The van der Waals surface area contributed by atoms with Crippen molar-refractivity contribution in [1.29, 1.82) is 0 Å². The summed E-state index contributed by atoms with van der Waals surface area (Å²) in [5.74, 6) is -0.128. The normalized spacial score (nSPS) is 21.6. The lowest BCUT2D eigenvalue weighted by molar-refractivity contribution is -0.140. The standard InChI is InChI=1S/C23H30N2O8/c1-5-11-33-22(29)25-16-14-18(32-12-6-8-19(26)31-4)17(30-3)13-15(16)20(27)24-10-7-9-23(24,2)21(25)28/h5,13-14,21,28H,1,6-12H2,2-4H3/t21?,23-/m0/s1. The van der Waals surface area contributed by atoms with Gasteiger partial charge in [-0.15, -0.1) is 0 Å². The molecular formula is C23H30N2O8. The van der Waals surface area contributed by atoms with Crippen LogP contribution in [-0.4, -0.2) is 73.7 Å². The highest BCUT2D eigenvalue weighted by molar-refractivity contribution is 6.06. The van der Waals surface area contributed by atoms with Crippen molar-refractivity contribution in [3.8, 4) is 11.5 Å². The lowest BCUT2D eigenvalue weighted by atomic mass is 9.96. The molecule has 2 heterocycles. The lowest BCUT2D eigenvalue weighted by Crippen LogP contribution is -2.59. The fourth-order valence-electron chi connectivity index (χ4n) is 4.23. The molecule has 1 saturated heterocycles. The second-order valence-corrected chi connectivity index (χ2v) is 8.08. The van der Waals surface area contributed by atoms with Crippen molar-refractivity contribution >= 4 is 23.7 Å². The predicted octanol–water partition coefficient (Wildman–Crippen LogP) is 2.48. The molecule has 180 valence electrons. The zero-order valence-corrected chi connectivity index (χ0v) is 19.2. The van der Waals surface area contributed by atoms with Crippen LogP contribution in [0.15, 0.2) is 24.8 Å². The Morgan fingerprint density at radius 2 is 2.06 bits per heavy atom. The van der Waals surface area contributed by atoms with Crippen molar-refractivity contribution in [3.05, 3.63) is 30.4 Å². The van der Waals surface area contributed by atoms with Gasteiger partial charge in [0.15, 0.2) is 17.7 Å². The molecule has 1 unspecified atom stereocenters. The van der Waals surface area contributed by atoms with Crippen molar-refractivity contribution in [2.24, 2.45) is 0 Å². The maximum atomic E-state index is 13.5. The van der Waals surface area contributed by atoms with Gasteiger partial charge in [0.05, 0.1) is 37.6 Å². The Kier molecular flexibility index (Phi) is 7.47. The molecule has 2 atom stereocenters.